The van der Waals surface area contributed by atoms with E-state index in [1.807, 2.05) is 0 Å². The van der Waals surface area contributed by atoms with Crippen LogP contribution in [-0.4, -0.2) is 38.7 Å². The molecule has 2 heterocycles. The van der Waals surface area contributed by atoms with Crippen LogP contribution in [0.4, 0.5) is 23.1 Å². The highest BCUT2D eigenvalue weighted by atomic mass is 35.5. The minimum Gasteiger partial charge on any atom is -0.364 e. The van der Waals surface area contributed by atoms with Gasteiger partial charge in [-0.1, -0.05) is 18.2 Å². The summed E-state index contributed by atoms with van der Waals surface area (Å²) in [5.41, 5.74) is 7.84. The maximum absolute atomic E-state index is 9.48. The van der Waals surface area contributed by atoms with Gasteiger partial charge in [0.2, 0.25) is 5.95 Å². The summed E-state index contributed by atoms with van der Waals surface area (Å²) in [5.74, 6) is 0.724. The lowest BCUT2D eigenvalue weighted by Crippen LogP contribution is -2.24. The maximum Gasteiger partial charge on any atom is 0.247 e. The first-order valence-electron chi connectivity index (χ1n) is 9.60. The van der Waals surface area contributed by atoms with Crippen LogP contribution >= 0.6 is 11.6 Å². The van der Waals surface area contributed by atoms with Gasteiger partial charge in [-0.15, -0.1) is 5.10 Å². The molecule has 31 heavy (non-hydrogen) atoms. The number of nitriles is 2. The van der Waals surface area contributed by atoms with E-state index in [0.29, 0.717) is 52.6 Å². The van der Waals surface area contributed by atoms with E-state index in [9.17, 15) is 10.5 Å². The largest absolute Gasteiger partial charge is 0.364 e. The summed E-state index contributed by atoms with van der Waals surface area (Å²) in [7, 11) is 0. The number of rotatable bonds is 8. The van der Waals surface area contributed by atoms with E-state index in [1.54, 1.807) is 23.2 Å². The maximum atomic E-state index is 9.48. The fourth-order valence-electron chi connectivity index (χ4n) is 3.07. The molecule has 1 aliphatic carbocycles. The van der Waals surface area contributed by atoms with Crippen molar-refractivity contribution in [3.63, 3.8) is 0 Å². The molecular weight excluding hydrogens is 416 g/mol. The molecule has 156 valence electrons. The number of nitrogens with zero attached hydrogens (tertiary/aromatic N) is 7. The molecular formula is C20H19ClN10. The molecule has 4 N–H and O–H groups in total. The van der Waals surface area contributed by atoms with Crippen LogP contribution in [0.1, 0.15) is 24.1 Å². The van der Waals surface area contributed by atoms with Gasteiger partial charge < -0.3 is 21.3 Å². The highest BCUT2D eigenvalue weighted by Gasteiger charge is 2.24. The molecule has 0 spiro atoms. The summed E-state index contributed by atoms with van der Waals surface area (Å²) in [6, 6.07) is 7.79. The molecule has 1 aliphatic rings. The normalized spacial score (nSPS) is 12.8. The molecule has 1 saturated carbocycles. The average Bonchev–Trinajstić information content (AvgIpc) is 3.49. The lowest BCUT2D eigenvalue weighted by atomic mass is 10.1. The highest BCUT2D eigenvalue weighted by Crippen LogP contribution is 2.36. The quantitative estimate of drug-likeness (QED) is 0.487. The van der Waals surface area contributed by atoms with Crippen LogP contribution in [0.15, 0.2) is 31.1 Å². The molecule has 0 saturated heterocycles. The Bertz CT molecular complexity index is 1230. The van der Waals surface area contributed by atoms with E-state index >= 15 is 0 Å². The van der Waals surface area contributed by atoms with Gasteiger partial charge in [-0.05, 0) is 31.2 Å². The van der Waals surface area contributed by atoms with Crippen LogP contribution in [0.25, 0.3) is 5.65 Å². The fraction of sp³-hybridized carbons (Fsp3) is 0.250. The third-order valence-corrected chi connectivity index (χ3v) is 5.12. The molecule has 4 rings (SSSR count). The molecule has 0 unspecified atom stereocenters. The van der Waals surface area contributed by atoms with Crippen molar-refractivity contribution in [2.45, 2.75) is 18.9 Å². The minimum absolute atomic E-state index is 0.206. The fourth-order valence-corrected chi connectivity index (χ4v) is 3.34. The molecule has 1 fully saturated rings. The Balaban J connectivity index is 1.79. The van der Waals surface area contributed by atoms with Gasteiger partial charge in [0.05, 0.1) is 34.2 Å². The molecule has 1 aromatic carbocycles. The third-order valence-electron chi connectivity index (χ3n) is 4.72. The monoisotopic (exact) mass is 434 g/mol. The number of nitrogens with two attached hydrogens (primary N) is 1. The van der Waals surface area contributed by atoms with E-state index in [0.717, 1.165) is 12.8 Å². The summed E-state index contributed by atoms with van der Waals surface area (Å²) in [4.78, 5) is 10.6. The summed E-state index contributed by atoms with van der Waals surface area (Å²) < 4.78 is 1.42. The summed E-state index contributed by atoms with van der Waals surface area (Å²) in [6.07, 6.45) is 5.14. The first-order chi connectivity index (χ1) is 15.1. The van der Waals surface area contributed by atoms with Crippen LogP contribution in [0, 0.1) is 22.7 Å². The number of fused-ring (bicyclic) bond motifs is 1. The van der Waals surface area contributed by atoms with Crippen molar-refractivity contribution in [2.75, 3.05) is 28.6 Å². The number of nitrogens with one attached hydrogen (secondary N) is 2. The molecule has 0 amide bonds. The molecule has 3 aromatic rings. The number of anilines is 4. The molecule has 0 aliphatic heterocycles. The van der Waals surface area contributed by atoms with Crippen LogP contribution in [0.2, 0.25) is 5.02 Å². The van der Waals surface area contributed by atoms with Gasteiger partial charge >= 0.3 is 0 Å². The third kappa shape index (κ3) is 4.08. The van der Waals surface area contributed by atoms with E-state index in [1.165, 1.54) is 10.7 Å². The van der Waals surface area contributed by atoms with Crippen molar-refractivity contribution in [3.8, 4) is 12.1 Å². The molecule has 0 radical (unpaired) electrons. The predicted octanol–water partition coefficient (Wildman–Crippen LogP) is 2.75. The SMILES string of the molecule is C=CN(CCN)c1cc(C#N)cc(Nc2nc(NC3CC3)c3ncc(C#N)n3n2)c1Cl. The lowest BCUT2D eigenvalue weighted by molar-refractivity contribution is 0.891. The van der Waals surface area contributed by atoms with Crippen LogP contribution in [0.5, 0.6) is 0 Å². The van der Waals surface area contributed by atoms with Crippen LogP contribution < -0.4 is 21.3 Å². The Kier molecular flexibility index (Phi) is 5.58. The second kappa shape index (κ2) is 8.48. The van der Waals surface area contributed by atoms with E-state index < -0.39 is 0 Å². The number of benzene rings is 1. The second-order valence-electron chi connectivity index (χ2n) is 6.95. The van der Waals surface area contributed by atoms with Gasteiger partial charge in [-0.3, -0.25) is 0 Å². The smallest absolute Gasteiger partial charge is 0.247 e. The van der Waals surface area contributed by atoms with Crippen molar-refractivity contribution in [1.29, 1.82) is 10.5 Å². The zero-order valence-electron chi connectivity index (χ0n) is 16.5. The number of imidazole rings is 1. The molecule has 0 bridgehead atoms. The first kappa shape index (κ1) is 20.4. The summed E-state index contributed by atoms with van der Waals surface area (Å²) in [5, 5.41) is 30.0. The molecule has 10 nitrogen and oxygen atoms in total. The van der Waals surface area contributed by atoms with Crippen LogP contribution in [-0.2, 0) is 0 Å². The van der Waals surface area contributed by atoms with Crippen molar-refractivity contribution in [2.24, 2.45) is 5.73 Å². The van der Waals surface area contributed by atoms with Crippen LogP contribution in [0.3, 0.4) is 0 Å². The van der Waals surface area contributed by atoms with Gasteiger partial charge in [-0.25, -0.2) is 4.98 Å². The van der Waals surface area contributed by atoms with Gasteiger partial charge in [-0.2, -0.15) is 20.0 Å². The standard InChI is InChI=1S/C20H19ClN10/c1-2-30(6-5-22)16-8-12(9-23)7-15(17(16)21)27-20-28-18(26-13-3-4-13)19-25-11-14(10-24)31(19)29-20/h2,7-8,11,13H,1,3-6,22H2,(H2,26,27,28,29). The minimum atomic E-state index is 0.206. The number of hydrogen-bond donors (Lipinski definition) is 3. The predicted molar refractivity (Wildman–Crippen MR) is 118 cm³/mol. The Morgan fingerprint density at radius 1 is 1.35 bits per heavy atom. The van der Waals surface area contributed by atoms with E-state index in [2.05, 4.69) is 44.4 Å². The van der Waals surface area contributed by atoms with Gasteiger partial charge in [0.1, 0.15) is 6.07 Å². The Hall–Kier alpha value is -3.86. The van der Waals surface area contributed by atoms with Gasteiger partial charge in [0, 0.05) is 19.1 Å². The Morgan fingerprint density at radius 3 is 2.81 bits per heavy atom. The summed E-state index contributed by atoms with van der Waals surface area (Å²) in [6.45, 7) is 4.66. The zero-order chi connectivity index (χ0) is 22.0. The highest BCUT2D eigenvalue weighted by molar-refractivity contribution is 6.36. The van der Waals surface area contributed by atoms with Gasteiger partial charge in [0.15, 0.2) is 17.2 Å². The second-order valence-corrected chi connectivity index (χ2v) is 7.33. The number of hydrogen-bond acceptors (Lipinski definition) is 9. The van der Waals surface area contributed by atoms with E-state index in [4.69, 9.17) is 17.3 Å². The lowest BCUT2D eigenvalue weighted by Gasteiger charge is -2.22. The van der Waals surface area contributed by atoms with Gasteiger partial charge in [0.25, 0.3) is 0 Å². The zero-order valence-corrected chi connectivity index (χ0v) is 17.3. The number of aromatic nitrogens is 4. The molecule has 0 atom stereocenters. The topological polar surface area (TPSA) is 144 Å². The Morgan fingerprint density at radius 2 is 2.16 bits per heavy atom. The number of halogens is 1. The van der Waals surface area contributed by atoms with Crippen molar-refractivity contribution in [1.82, 2.24) is 19.6 Å². The summed E-state index contributed by atoms with van der Waals surface area (Å²) >= 11 is 6.64. The Labute approximate surface area is 183 Å². The first-order valence-corrected chi connectivity index (χ1v) is 9.98. The molecule has 2 aromatic heterocycles. The van der Waals surface area contributed by atoms with E-state index in [-0.39, 0.29) is 11.6 Å². The van der Waals surface area contributed by atoms with Crippen molar-refractivity contribution in [3.05, 3.63) is 47.4 Å². The average molecular weight is 435 g/mol. The molecule has 11 heteroatoms. The van der Waals surface area contributed by atoms with Crippen molar-refractivity contribution < 1.29 is 0 Å². The van der Waals surface area contributed by atoms with Crippen molar-refractivity contribution >= 4 is 40.4 Å².